The number of nitrogens with zero attached hydrogens (tertiary/aromatic N) is 4. The van der Waals surface area contributed by atoms with Gasteiger partial charge in [-0.1, -0.05) is 44.7 Å². The van der Waals surface area contributed by atoms with Crippen molar-refractivity contribution in [3.63, 3.8) is 0 Å². The number of ether oxygens (including phenoxy) is 2. The van der Waals surface area contributed by atoms with Crippen LogP contribution in [0.3, 0.4) is 0 Å². The van der Waals surface area contributed by atoms with Crippen LogP contribution in [-0.2, 0) is 18.7 Å². The molecule has 3 heterocycles. The van der Waals surface area contributed by atoms with Crippen LogP contribution in [0, 0.1) is 0 Å². The fourth-order valence-electron chi connectivity index (χ4n) is 3.87. The van der Waals surface area contributed by atoms with Gasteiger partial charge in [0.15, 0.2) is 14.1 Å². The number of hydrogen-bond donors (Lipinski definition) is 0. The van der Waals surface area contributed by atoms with Gasteiger partial charge in [0, 0.05) is 30.5 Å². The SMILES string of the molecule is CCOC(=O)/C=C\c1cccc(C(O[Si](C)(C)C(C)(C)C)c2ccc3c(c2)N(COC)c2nccnc2S3)n1. The van der Waals surface area contributed by atoms with Crippen LogP contribution in [0.1, 0.15) is 50.8 Å². The van der Waals surface area contributed by atoms with Gasteiger partial charge in [-0.2, -0.15) is 0 Å². The predicted molar refractivity (Wildman–Crippen MR) is 157 cm³/mol. The summed E-state index contributed by atoms with van der Waals surface area (Å²) in [4.78, 5) is 29.0. The summed E-state index contributed by atoms with van der Waals surface area (Å²) in [6, 6.07) is 12.1. The van der Waals surface area contributed by atoms with E-state index in [-0.39, 0.29) is 5.04 Å². The van der Waals surface area contributed by atoms with E-state index in [1.165, 1.54) is 6.08 Å². The summed E-state index contributed by atoms with van der Waals surface area (Å²) in [7, 11) is -0.551. The van der Waals surface area contributed by atoms with Gasteiger partial charge in [0.1, 0.15) is 17.9 Å². The fraction of sp³-hybridized carbons (Fsp3) is 0.379. The number of pyridine rings is 1. The lowest BCUT2D eigenvalue weighted by atomic mass is 10.0. The molecule has 0 saturated heterocycles. The van der Waals surface area contributed by atoms with E-state index in [1.807, 2.05) is 23.1 Å². The maximum absolute atomic E-state index is 11.9. The van der Waals surface area contributed by atoms with Crippen molar-refractivity contribution in [2.75, 3.05) is 25.3 Å². The lowest BCUT2D eigenvalue weighted by Gasteiger charge is -2.39. The standard InChI is InChI=1S/C29H36N4O4SSi/c1-8-36-25(34)15-13-21-10-9-11-22(32-21)26(37-39(6,7)29(2,3)4)20-12-14-24-23(18-20)33(19-35-5)27-28(38-24)31-17-16-30-27/h9-18,26H,8,19H2,1-7H3/b15-13-. The highest BCUT2D eigenvalue weighted by atomic mass is 32.2. The van der Waals surface area contributed by atoms with Crippen molar-refractivity contribution in [3.8, 4) is 0 Å². The molecule has 10 heteroatoms. The molecule has 0 spiro atoms. The highest BCUT2D eigenvalue weighted by molar-refractivity contribution is 7.99. The molecule has 39 heavy (non-hydrogen) atoms. The zero-order valence-electron chi connectivity index (χ0n) is 23.6. The van der Waals surface area contributed by atoms with Crippen molar-refractivity contribution < 1.29 is 18.7 Å². The Bertz CT molecular complexity index is 1360. The Morgan fingerprint density at radius 1 is 1.15 bits per heavy atom. The zero-order chi connectivity index (χ0) is 28.2. The summed E-state index contributed by atoms with van der Waals surface area (Å²) in [6.45, 7) is 13.6. The first-order chi connectivity index (χ1) is 18.5. The van der Waals surface area contributed by atoms with E-state index in [0.29, 0.717) is 19.0 Å². The second-order valence-corrected chi connectivity index (χ2v) is 16.5. The third-order valence-electron chi connectivity index (χ3n) is 6.90. The molecule has 2 aromatic heterocycles. The molecule has 8 nitrogen and oxygen atoms in total. The maximum Gasteiger partial charge on any atom is 0.330 e. The molecule has 1 atom stereocenters. The number of methoxy groups -OCH3 is 1. The molecule has 0 N–H and O–H groups in total. The number of carbonyl (C=O) groups excluding carboxylic acids is 1. The highest BCUT2D eigenvalue weighted by Gasteiger charge is 2.40. The second-order valence-electron chi connectivity index (χ2n) is 10.7. The first-order valence-electron chi connectivity index (χ1n) is 12.9. The molecule has 1 unspecified atom stereocenters. The predicted octanol–water partition coefficient (Wildman–Crippen LogP) is 6.77. The Kier molecular flexibility index (Phi) is 8.90. The molecule has 0 aliphatic carbocycles. The number of esters is 1. The number of fused-ring (bicyclic) bond motifs is 2. The molecule has 0 fully saturated rings. The van der Waals surface area contributed by atoms with Gasteiger partial charge in [-0.05, 0) is 61.0 Å². The Balaban J connectivity index is 1.79. The van der Waals surface area contributed by atoms with Crippen LogP contribution in [0.4, 0.5) is 11.5 Å². The molecule has 3 aromatic rings. The van der Waals surface area contributed by atoms with Gasteiger partial charge >= 0.3 is 5.97 Å². The van der Waals surface area contributed by atoms with Gasteiger partial charge in [0.25, 0.3) is 0 Å². The molecule has 0 amide bonds. The Morgan fingerprint density at radius 3 is 2.64 bits per heavy atom. The molecule has 0 bridgehead atoms. The Morgan fingerprint density at radius 2 is 1.92 bits per heavy atom. The largest absolute Gasteiger partial charge is 0.463 e. The maximum atomic E-state index is 11.9. The van der Waals surface area contributed by atoms with Gasteiger partial charge in [0.05, 0.1) is 23.7 Å². The van der Waals surface area contributed by atoms with Crippen molar-refractivity contribution in [1.82, 2.24) is 15.0 Å². The summed E-state index contributed by atoms with van der Waals surface area (Å²) in [5.74, 6) is 0.368. The van der Waals surface area contributed by atoms with Crippen LogP contribution in [-0.4, -0.2) is 49.7 Å². The minimum Gasteiger partial charge on any atom is -0.463 e. The molecular weight excluding hydrogens is 528 g/mol. The van der Waals surface area contributed by atoms with Gasteiger partial charge in [-0.25, -0.2) is 14.8 Å². The van der Waals surface area contributed by atoms with E-state index in [1.54, 1.807) is 44.3 Å². The summed E-state index contributed by atoms with van der Waals surface area (Å²) < 4.78 is 17.6. The Hall–Kier alpha value is -3.05. The van der Waals surface area contributed by atoms with Crippen LogP contribution >= 0.6 is 11.8 Å². The minimum absolute atomic E-state index is 0.00660. The lowest BCUT2D eigenvalue weighted by molar-refractivity contribution is -0.137. The first kappa shape index (κ1) is 28.9. The monoisotopic (exact) mass is 564 g/mol. The molecule has 0 radical (unpaired) electrons. The van der Waals surface area contributed by atoms with Crippen molar-refractivity contribution in [1.29, 1.82) is 0 Å². The van der Waals surface area contributed by atoms with E-state index in [9.17, 15) is 4.79 Å². The topological polar surface area (TPSA) is 86.7 Å². The Labute approximate surface area is 236 Å². The summed E-state index contributed by atoms with van der Waals surface area (Å²) >= 11 is 1.59. The van der Waals surface area contributed by atoms with Crippen LogP contribution in [0.15, 0.2) is 64.8 Å². The number of carbonyl (C=O) groups is 1. The van der Waals surface area contributed by atoms with Crippen LogP contribution in [0.25, 0.3) is 6.08 Å². The molecule has 1 aliphatic heterocycles. The molecule has 0 saturated carbocycles. The van der Waals surface area contributed by atoms with E-state index in [4.69, 9.17) is 18.9 Å². The van der Waals surface area contributed by atoms with Gasteiger partial charge in [0.2, 0.25) is 0 Å². The van der Waals surface area contributed by atoms with Crippen LogP contribution in [0.2, 0.25) is 18.1 Å². The number of rotatable bonds is 9. The molecular formula is C29H36N4O4SSi. The number of aromatic nitrogens is 3. The average Bonchev–Trinajstić information content (AvgIpc) is 2.90. The fourth-order valence-corrected chi connectivity index (χ4v) is 6.06. The second kappa shape index (κ2) is 12.0. The molecule has 4 rings (SSSR count). The van der Waals surface area contributed by atoms with Crippen LogP contribution < -0.4 is 4.90 Å². The van der Waals surface area contributed by atoms with Gasteiger partial charge in [-0.15, -0.1) is 0 Å². The summed E-state index contributed by atoms with van der Waals surface area (Å²) in [6.07, 6.45) is 6.05. The van der Waals surface area contributed by atoms with Crippen molar-refractivity contribution in [3.05, 3.63) is 71.8 Å². The van der Waals surface area contributed by atoms with Crippen molar-refractivity contribution in [2.45, 2.75) is 61.9 Å². The quantitative estimate of drug-likeness (QED) is 0.159. The molecule has 206 valence electrons. The third kappa shape index (κ3) is 6.58. The zero-order valence-corrected chi connectivity index (χ0v) is 25.4. The minimum atomic E-state index is -2.22. The summed E-state index contributed by atoms with van der Waals surface area (Å²) in [5.41, 5.74) is 3.39. The number of anilines is 2. The number of benzene rings is 1. The number of hydrogen-bond acceptors (Lipinski definition) is 9. The lowest BCUT2D eigenvalue weighted by Crippen LogP contribution is -2.42. The third-order valence-corrected chi connectivity index (χ3v) is 12.4. The normalized spacial score (nSPS) is 14.2. The average molecular weight is 565 g/mol. The van der Waals surface area contributed by atoms with E-state index >= 15 is 0 Å². The van der Waals surface area contributed by atoms with Crippen LogP contribution in [0.5, 0.6) is 0 Å². The van der Waals surface area contributed by atoms with Crippen molar-refractivity contribution >= 4 is 43.6 Å². The van der Waals surface area contributed by atoms with E-state index < -0.39 is 20.4 Å². The van der Waals surface area contributed by atoms with Crippen molar-refractivity contribution in [2.24, 2.45) is 0 Å². The van der Waals surface area contributed by atoms with E-state index in [0.717, 1.165) is 32.7 Å². The van der Waals surface area contributed by atoms with Gasteiger partial charge in [-0.3, -0.25) is 9.88 Å². The smallest absolute Gasteiger partial charge is 0.330 e. The summed E-state index contributed by atoms with van der Waals surface area (Å²) in [5, 5.41) is 0.833. The van der Waals surface area contributed by atoms with Gasteiger partial charge < -0.3 is 13.9 Å². The molecule has 1 aliphatic rings. The molecule has 1 aromatic carbocycles. The first-order valence-corrected chi connectivity index (χ1v) is 16.7. The van der Waals surface area contributed by atoms with E-state index in [2.05, 4.69) is 62.0 Å². The highest BCUT2D eigenvalue weighted by Crippen LogP contribution is 2.48.